The molecular weight excluding hydrogens is 258 g/mol. The van der Waals surface area contributed by atoms with Crippen LogP contribution < -0.4 is 10.6 Å². The van der Waals surface area contributed by atoms with Crippen LogP contribution >= 0.6 is 11.3 Å². The van der Waals surface area contributed by atoms with Crippen molar-refractivity contribution in [2.75, 3.05) is 26.3 Å². The van der Waals surface area contributed by atoms with Gasteiger partial charge in [-0.15, -0.1) is 0 Å². The van der Waals surface area contributed by atoms with Crippen molar-refractivity contribution in [3.05, 3.63) is 22.4 Å². The zero-order chi connectivity index (χ0) is 13.8. The lowest BCUT2D eigenvalue weighted by Gasteiger charge is -2.11. The Hall–Kier alpha value is -1.07. The van der Waals surface area contributed by atoms with Crippen LogP contribution in [-0.4, -0.2) is 32.3 Å². The van der Waals surface area contributed by atoms with E-state index in [0.717, 1.165) is 45.2 Å². The summed E-state index contributed by atoms with van der Waals surface area (Å²) in [6, 6.07) is 2.10. The predicted molar refractivity (Wildman–Crippen MR) is 82.9 cm³/mol. The Kier molecular flexibility index (Phi) is 9.10. The van der Waals surface area contributed by atoms with Crippen molar-refractivity contribution < 1.29 is 4.74 Å². The molecule has 0 aliphatic carbocycles. The first-order valence-corrected chi connectivity index (χ1v) is 7.92. The minimum Gasteiger partial charge on any atom is -0.380 e. The summed E-state index contributed by atoms with van der Waals surface area (Å²) in [7, 11) is 0. The molecule has 0 fully saturated rings. The maximum absolute atomic E-state index is 5.51. The summed E-state index contributed by atoms with van der Waals surface area (Å²) in [6.07, 6.45) is 2.31. The Morgan fingerprint density at radius 1 is 1.32 bits per heavy atom. The van der Waals surface area contributed by atoms with Crippen molar-refractivity contribution in [2.45, 2.75) is 33.2 Å². The smallest absolute Gasteiger partial charge is 0.191 e. The Morgan fingerprint density at radius 2 is 2.21 bits per heavy atom. The molecule has 0 aliphatic rings. The second-order valence-corrected chi connectivity index (χ2v) is 5.00. The van der Waals surface area contributed by atoms with Crippen molar-refractivity contribution >= 4 is 17.3 Å². The molecule has 19 heavy (non-hydrogen) atoms. The second-order valence-electron chi connectivity index (χ2n) is 4.22. The zero-order valence-corrected chi connectivity index (χ0v) is 12.8. The molecule has 0 saturated carbocycles. The first-order valence-electron chi connectivity index (χ1n) is 6.97. The van der Waals surface area contributed by atoms with Crippen LogP contribution in [0, 0.1) is 0 Å². The van der Waals surface area contributed by atoms with E-state index < -0.39 is 0 Å². The first-order chi connectivity index (χ1) is 9.36. The quantitative estimate of drug-likeness (QED) is 0.416. The lowest BCUT2D eigenvalue weighted by molar-refractivity contribution is 0.136. The molecule has 1 heterocycles. The monoisotopic (exact) mass is 283 g/mol. The fourth-order valence-electron chi connectivity index (χ4n) is 1.48. The van der Waals surface area contributed by atoms with Crippen LogP contribution in [0.5, 0.6) is 0 Å². The number of thiophene rings is 1. The van der Waals surface area contributed by atoms with E-state index in [9.17, 15) is 0 Å². The number of guanidine groups is 1. The van der Waals surface area contributed by atoms with Crippen molar-refractivity contribution in [1.29, 1.82) is 0 Å². The maximum atomic E-state index is 5.51. The molecule has 4 nitrogen and oxygen atoms in total. The van der Waals surface area contributed by atoms with Crippen LogP contribution in [0.15, 0.2) is 21.8 Å². The molecule has 0 bridgehead atoms. The lowest BCUT2D eigenvalue weighted by atomic mass is 10.3. The molecule has 0 radical (unpaired) electrons. The third-order valence-corrected chi connectivity index (χ3v) is 3.26. The molecule has 5 heteroatoms. The van der Waals surface area contributed by atoms with E-state index in [1.54, 1.807) is 11.3 Å². The molecule has 2 N–H and O–H groups in total. The number of ether oxygens (including phenoxy) is 1. The molecule has 1 aromatic rings. The Labute approximate surface area is 120 Å². The minimum atomic E-state index is 0.718. The van der Waals surface area contributed by atoms with Gasteiger partial charge < -0.3 is 15.4 Å². The van der Waals surface area contributed by atoms with Crippen molar-refractivity contribution in [3.8, 4) is 0 Å². The second kappa shape index (κ2) is 10.8. The highest BCUT2D eigenvalue weighted by Gasteiger charge is 1.97. The standard InChI is InChI=1S/C14H25N3OS/c1-3-5-8-18-9-7-16-14(15-4-2)17-11-13-6-10-19-12-13/h6,10,12H,3-5,7-9,11H2,1-2H3,(H2,15,16,17). The molecular formula is C14H25N3OS. The van der Waals surface area contributed by atoms with Gasteiger partial charge in [0.05, 0.1) is 13.2 Å². The van der Waals surface area contributed by atoms with Crippen LogP contribution in [-0.2, 0) is 11.3 Å². The number of hydrogen-bond acceptors (Lipinski definition) is 3. The third-order valence-electron chi connectivity index (χ3n) is 2.53. The SMILES string of the molecule is CCCCOCCNC(=NCc1ccsc1)NCC. The van der Waals surface area contributed by atoms with E-state index in [1.165, 1.54) is 12.0 Å². The molecule has 0 unspecified atom stereocenters. The van der Waals surface area contributed by atoms with E-state index in [1.807, 2.05) is 0 Å². The van der Waals surface area contributed by atoms with Gasteiger partial charge in [0.1, 0.15) is 0 Å². The topological polar surface area (TPSA) is 45.6 Å². The van der Waals surface area contributed by atoms with Gasteiger partial charge in [-0.05, 0) is 35.7 Å². The van der Waals surface area contributed by atoms with E-state index in [-0.39, 0.29) is 0 Å². The predicted octanol–water partition coefficient (Wildman–Crippen LogP) is 2.62. The van der Waals surface area contributed by atoms with Gasteiger partial charge in [-0.25, -0.2) is 4.99 Å². The van der Waals surface area contributed by atoms with Gasteiger partial charge in [-0.2, -0.15) is 11.3 Å². The van der Waals surface area contributed by atoms with Crippen LogP contribution in [0.25, 0.3) is 0 Å². The minimum absolute atomic E-state index is 0.718. The molecule has 0 atom stereocenters. The summed E-state index contributed by atoms with van der Waals surface area (Å²) in [6.45, 7) is 8.19. The van der Waals surface area contributed by atoms with E-state index >= 15 is 0 Å². The third kappa shape index (κ3) is 7.85. The van der Waals surface area contributed by atoms with E-state index in [0.29, 0.717) is 0 Å². The van der Waals surface area contributed by atoms with Crippen LogP contribution in [0.1, 0.15) is 32.3 Å². The number of unbranched alkanes of at least 4 members (excludes halogenated alkanes) is 1. The van der Waals surface area contributed by atoms with Gasteiger partial charge in [-0.3, -0.25) is 0 Å². The van der Waals surface area contributed by atoms with E-state index in [4.69, 9.17) is 4.74 Å². The Bertz CT molecular complexity index is 338. The molecule has 1 rings (SSSR count). The summed E-state index contributed by atoms with van der Waals surface area (Å²) in [5.41, 5.74) is 1.25. The highest BCUT2D eigenvalue weighted by atomic mass is 32.1. The largest absolute Gasteiger partial charge is 0.380 e. The molecule has 0 amide bonds. The number of hydrogen-bond donors (Lipinski definition) is 2. The van der Waals surface area contributed by atoms with E-state index in [2.05, 4.69) is 46.3 Å². The highest BCUT2D eigenvalue weighted by Crippen LogP contribution is 2.06. The van der Waals surface area contributed by atoms with Gasteiger partial charge in [0.2, 0.25) is 0 Å². The number of aliphatic imine (C=N–C) groups is 1. The molecule has 0 aliphatic heterocycles. The van der Waals surface area contributed by atoms with Crippen LogP contribution in [0.2, 0.25) is 0 Å². The molecule has 0 aromatic carbocycles. The van der Waals surface area contributed by atoms with Crippen molar-refractivity contribution in [3.63, 3.8) is 0 Å². The Balaban J connectivity index is 2.21. The summed E-state index contributed by atoms with van der Waals surface area (Å²) in [5, 5.41) is 10.7. The number of rotatable bonds is 9. The van der Waals surface area contributed by atoms with Gasteiger partial charge in [0, 0.05) is 19.7 Å². The summed E-state index contributed by atoms with van der Waals surface area (Å²) < 4.78 is 5.51. The summed E-state index contributed by atoms with van der Waals surface area (Å²) in [5.74, 6) is 0.854. The normalized spacial score (nSPS) is 11.6. The van der Waals surface area contributed by atoms with Crippen molar-refractivity contribution in [2.24, 2.45) is 4.99 Å². The highest BCUT2D eigenvalue weighted by molar-refractivity contribution is 7.07. The average molecular weight is 283 g/mol. The van der Waals surface area contributed by atoms with Gasteiger partial charge in [0.15, 0.2) is 5.96 Å². The van der Waals surface area contributed by atoms with Gasteiger partial charge in [0.25, 0.3) is 0 Å². The summed E-state index contributed by atoms with van der Waals surface area (Å²) in [4.78, 5) is 4.54. The number of nitrogens with one attached hydrogen (secondary N) is 2. The van der Waals surface area contributed by atoms with Crippen LogP contribution in [0.3, 0.4) is 0 Å². The maximum Gasteiger partial charge on any atom is 0.191 e. The number of nitrogens with zero attached hydrogens (tertiary/aromatic N) is 1. The summed E-state index contributed by atoms with van der Waals surface area (Å²) >= 11 is 1.70. The lowest BCUT2D eigenvalue weighted by Crippen LogP contribution is -2.39. The Morgan fingerprint density at radius 3 is 2.89 bits per heavy atom. The molecule has 1 aromatic heterocycles. The molecule has 108 valence electrons. The molecule has 0 spiro atoms. The average Bonchev–Trinajstić information content (AvgIpc) is 2.93. The first kappa shape index (κ1) is 16.0. The zero-order valence-electron chi connectivity index (χ0n) is 11.9. The van der Waals surface area contributed by atoms with Gasteiger partial charge >= 0.3 is 0 Å². The fraction of sp³-hybridized carbons (Fsp3) is 0.643. The molecule has 0 saturated heterocycles. The fourth-order valence-corrected chi connectivity index (χ4v) is 2.14. The van der Waals surface area contributed by atoms with Gasteiger partial charge in [-0.1, -0.05) is 13.3 Å². The van der Waals surface area contributed by atoms with Crippen molar-refractivity contribution in [1.82, 2.24) is 10.6 Å². The van der Waals surface area contributed by atoms with Crippen LogP contribution in [0.4, 0.5) is 0 Å².